The lowest BCUT2D eigenvalue weighted by atomic mass is 10.1. The molecule has 2 aromatic rings. The van der Waals surface area contributed by atoms with Crippen LogP contribution in [0.15, 0.2) is 42.5 Å². The largest absolute Gasteiger partial charge is 0.507 e. The third-order valence-corrected chi connectivity index (χ3v) is 3.51. The second-order valence-corrected chi connectivity index (χ2v) is 5.46. The molecule has 24 heavy (non-hydrogen) atoms. The highest BCUT2D eigenvalue weighted by atomic mass is 16.5. The van der Waals surface area contributed by atoms with Crippen LogP contribution in [0, 0.1) is 0 Å². The third-order valence-electron chi connectivity index (χ3n) is 3.51. The van der Waals surface area contributed by atoms with Crippen LogP contribution in [0.25, 0.3) is 0 Å². The van der Waals surface area contributed by atoms with Crippen molar-refractivity contribution in [2.75, 3.05) is 21.2 Å². The maximum Gasteiger partial charge on any atom is 0.255 e. The number of methoxy groups -OCH3 is 1. The Bertz CT molecular complexity index is 739. The fraction of sp³-hybridized carbons (Fsp3) is 0.222. The molecule has 0 radical (unpaired) electrons. The number of ether oxygens (including phenoxy) is 1. The molecule has 2 N–H and O–H groups in total. The molecule has 0 aliphatic rings. The van der Waals surface area contributed by atoms with Gasteiger partial charge in [-0.25, -0.2) is 0 Å². The van der Waals surface area contributed by atoms with Crippen molar-refractivity contribution in [1.82, 2.24) is 10.2 Å². The fourth-order valence-electron chi connectivity index (χ4n) is 2.13. The molecule has 0 aliphatic heterocycles. The summed E-state index contributed by atoms with van der Waals surface area (Å²) >= 11 is 0. The highest BCUT2D eigenvalue weighted by Gasteiger charge is 2.12. The lowest BCUT2D eigenvalue weighted by molar-refractivity contribution is 0.0827. The van der Waals surface area contributed by atoms with Gasteiger partial charge in [-0.1, -0.05) is 12.1 Å². The molecule has 6 heteroatoms. The summed E-state index contributed by atoms with van der Waals surface area (Å²) in [6.07, 6.45) is 0. The summed E-state index contributed by atoms with van der Waals surface area (Å²) in [4.78, 5) is 25.4. The number of hydrogen-bond donors (Lipinski definition) is 2. The molecule has 0 atom stereocenters. The predicted molar refractivity (Wildman–Crippen MR) is 90.3 cm³/mol. The number of hydrogen-bond acceptors (Lipinski definition) is 4. The molecule has 2 rings (SSSR count). The molecule has 0 fully saturated rings. The molecule has 0 heterocycles. The fourth-order valence-corrected chi connectivity index (χ4v) is 2.13. The molecular weight excluding hydrogens is 308 g/mol. The summed E-state index contributed by atoms with van der Waals surface area (Å²) in [5, 5.41) is 12.6. The summed E-state index contributed by atoms with van der Waals surface area (Å²) in [5.41, 5.74) is 1.62. The first-order valence-corrected chi connectivity index (χ1v) is 7.38. The number of phenolic OH excluding ortho intramolecular Hbond substituents is 1. The first-order valence-electron chi connectivity index (χ1n) is 7.38. The monoisotopic (exact) mass is 328 g/mol. The summed E-state index contributed by atoms with van der Waals surface area (Å²) < 4.78 is 4.98. The highest BCUT2D eigenvalue weighted by molar-refractivity contribution is 5.97. The van der Waals surface area contributed by atoms with E-state index in [-0.39, 0.29) is 23.1 Å². The average molecular weight is 328 g/mol. The van der Waals surface area contributed by atoms with Crippen molar-refractivity contribution in [1.29, 1.82) is 0 Å². The maximum absolute atomic E-state index is 12.1. The van der Waals surface area contributed by atoms with E-state index in [0.717, 1.165) is 5.56 Å². The van der Waals surface area contributed by atoms with E-state index in [1.807, 2.05) is 0 Å². The zero-order valence-corrected chi connectivity index (χ0v) is 13.9. The molecule has 0 saturated heterocycles. The van der Waals surface area contributed by atoms with Crippen LogP contribution in [0.3, 0.4) is 0 Å². The second kappa shape index (κ2) is 7.50. The molecule has 0 spiro atoms. The van der Waals surface area contributed by atoms with Gasteiger partial charge >= 0.3 is 0 Å². The number of phenols is 1. The number of carbonyl (C=O) groups is 2. The highest BCUT2D eigenvalue weighted by Crippen LogP contribution is 2.23. The van der Waals surface area contributed by atoms with Crippen LogP contribution >= 0.6 is 0 Å². The van der Waals surface area contributed by atoms with Crippen molar-refractivity contribution < 1.29 is 19.4 Å². The van der Waals surface area contributed by atoms with Gasteiger partial charge in [-0.3, -0.25) is 9.59 Å². The normalized spacial score (nSPS) is 10.1. The molecular formula is C18H20N2O4. The average Bonchev–Trinajstić information content (AvgIpc) is 2.59. The molecule has 0 aliphatic carbocycles. The number of aromatic hydroxyl groups is 1. The van der Waals surface area contributed by atoms with Crippen molar-refractivity contribution in [2.24, 2.45) is 0 Å². The van der Waals surface area contributed by atoms with Gasteiger partial charge in [0.15, 0.2) is 0 Å². The van der Waals surface area contributed by atoms with E-state index in [2.05, 4.69) is 5.32 Å². The molecule has 126 valence electrons. The van der Waals surface area contributed by atoms with Crippen LogP contribution in [0.4, 0.5) is 0 Å². The Hall–Kier alpha value is -3.02. The van der Waals surface area contributed by atoms with Crippen molar-refractivity contribution in [3.05, 3.63) is 59.2 Å². The van der Waals surface area contributed by atoms with Crippen molar-refractivity contribution in [3.8, 4) is 11.5 Å². The Kier molecular flexibility index (Phi) is 5.42. The molecule has 0 bridgehead atoms. The van der Waals surface area contributed by atoms with E-state index in [0.29, 0.717) is 17.9 Å². The first kappa shape index (κ1) is 17.3. The van der Waals surface area contributed by atoms with Crippen LogP contribution in [-0.4, -0.2) is 43.0 Å². The number of nitrogens with zero attached hydrogens (tertiary/aromatic N) is 1. The number of benzene rings is 2. The lowest BCUT2D eigenvalue weighted by Gasteiger charge is -2.11. The zero-order valence-electron chi connectivity index (χ0n) is 13.9. The molecule has 2 aromatic carbocycles. The van der Waals surface area contributed by atoms with Crippen molar-refractivity contribution >= 4 is 11.8 Å². The standard InChI is InChI=1S/C18H20N2O4/c1-20(2)18(23)13-6-4-12(5-7-13)11-19-17(22)15-9-8-14(24-3)10-16(15)21/h4-10,21H,11H2,1-3H3,(H,19,22). The Morgan fingerprint density at radius 3 is 2.33 bits per heavy atom. The Morgan fingerprint density at radius 1 is 1.12 bits per heavy atom. The van der Waals surface area contributed by atoms with Crippen LogP contribution in [-0.2, 0) is 6.54 Å². The Balaban J connectivity index is 2.00. The van der Waals surface area contributed by atoms with Crippen LogP contribution in [0.1, 0.15) is 26.3 Å². The molecule has 0 unspecified atom stereocenters. The van der Waals surface area contributed by atoms with Gasteiger partial charge in [0, 0.05) is 32.3 Å². The van der Waals surface area contributed by atoms with Gasteiger partial charge in [-0.2, -0.15) is 0 Å². The summed E-state index contributed by atoms with van der Waals surface area (Å²) in [6, 6.07) is 11.5. The Morgan fingerprint density at radius 2 is 1.79 bits per heavy atom. The quantitative estimate of drug-likeness (QED) is 0.880. The van der Waals surface area contributed by atoms with Gasteiger partial charge in [0.05, 0.1) is 12.7 Å². The predicted octanol–water partition coefficient (Wildman–Crippen LogP) is 2.03. The first-order chi connectivity index (χ1) is 11.4. The number of amides is 2. The van der Waals surface area contributed by atoms with E-state index in [4.69, 9.17) is 4.74 Å². The SMILES string of the molecule is COc1ccc(C(=O)NCc2ccc(C(=O)N(C)C)cc2)c(O)c1. The zero-order chi connectivity index (χ0) is 17.7. The summed E-state index contributed by atoms with van der Waals surface area (Å²) in [6.45, 7) is 0.292. The number of rotatable bonds is 5. The summed E-state index contributed by atoms with van der Waals surface area (Å²) in [5.74, 6) is -0.124. The molecule has 2 amide bonds. The number of nitrogens with one attached hydrogen (secondary N) is 1. The minimum absolute atomic E-state index is 0.0752. The Labute approximate surface area is 140 Å². The topological polar surface area (TPSA) is 78.9 Å². The van der Waals surface area contributed by atoms with E-state index in [1.54, 1.807) is 44.4 Å². The third kappa shape index (κ3) is 4.04. The van der Waals surface area contributed by atoms with Gasteiger partial charge < -0.3 is 20.1 Å². The second-order valence-electron chi connectivity index (χ2n) is 5.46. The molecule has 0 aromatic heterocycles. The van der Waals surface area contributed by atoms with Gasteiger partial charge in [0.1, 0.15) is 11.5 Å². The summed E-state index contributed by atoms with van der Waals surface area (Å²) in [7, 11) is 4.87. The van der Waals surface area contributed by atoms with E-state index >= 15 is 0 Å². The number of carbonyl (C=O) groups excluding carboxylic acids is 2. The minimum atomic E-state index is -0.386. The maximum atomic E-state index is 12.1. The van der Waals surface area contributed by atoms with Crippen LogP contribution in [0.2, 0.25) is 0 Å². The van der Waals surface area contributed by atoms with Crippen molar-refractivity contribution in [3.63, 3.8) is 0 Å². The van der Waals surface area contributed by atoms with E-state index in [9.17, 15) is 14.7 Å². The van der Waals surface area contributed by atoms with Gasteiger partial charge in [0.25, 0.3) is 11.8 Å². The molecule has 0 saturated carbocycles. The lowest BCUT2D eigenvalue weighted by Crippen LogP contribution is -2.23. The van der Waals surface area contributed by atoms with Crippen LogP contribution in [0.5, 0.6) is 11.5 Å². The van der Waals surface area contributed by atoms with E-state index < -0.39 is 0 Å². The van der Waals surface area contributed by atoms with E-state index in [1.165, 1.54) is 24.1 Å². The smallest absolute Gasteiger partial charge is 0.255 e. The van der Waals surface area contributed by atoms with Gasteiger partial charge in [0.2, 0.25) is 0 Å². The van der Waals surface area contributed by atoms with Crippen LogP contribution < -0.4 is 10.1 Å². The van der Waals surface area contributed by atoms with Crippen molar-refractivity contribution in [2.45, 2.75) is 6.54 Å². The minimum Gasteiger partial charge on any atom is -0.507 e. The van der Waals surface area contributed by atoms with Gasteiger partial charge in [-0.15, -0.1) is 0 Å². The molecule has 6 nitrogen and oxygen atoms in total. The van der Waals surface area contributed by atoms with Gasteiger partial charge in [-0.05, 0) is 29.8 Å².